The molecule has 0 bridgehead atoms. The predicted molar refractivity (Wildman–Crippen MR) is 96.6 cm³/mol. The van der Waals surface area contributed by atoms with Crippen LogP contribution in [0.25, 0.3) is 4.85 Å². The lowest BCUT2D eigenvalue weighted by Gasteiger charge is -2.10. The molecule has 0 fully saturated rings. The Hall–Kier alpha value is -3.61. The number of ether oxygens (including phenoxy) is 1. The Morgan fingerprint density at radius 2 is 2.08 bits per heavy atom. The van der Waals surface area contributed by atoms with Gasteiger partial charge in [0.1, 0.15) is 11.5 Å². The van der Waals surface area contributed by atoms with Gasteiger partial charge in [-0.3, -0.25) is 4.79 Å². The minimum Gasteiger partial charge on any atom is -0.457 e. The summed E-state index contributed by atoms with van der Waals surface area (Å²) in [6.07, 6.45) is 0.482. The van der Waals surface area contributed by atoms with Crippen molar-refractivity contribution < 1.29 is 4.74 Å². The van der Waals surface area contributed by atoms with E-state index in [2.05, 4.69) is 15.0 Å². The number of rotatable bonds is 4. The molecule has 26 heavy (non-hydrogen) atoms. The number of aromatic nitrogens is 2. The number of H-pyrrole nitrogens is 1. The first-order valence-electron chi connectivity index (χ1n) is 7.51. The Morgan fingerprint density at radius 1 is 1.23 bits per heavy atom. The molecule has 0 spiro atoms. The predicted octanol–water partition coefficient (Wildman–Crippen LogP) is 4.23. The van der Waals surface area contributed by atoms with Crippen molar-refractivity contribution in [2.24, 2.45) is 0 Å². The highest BCUT2D eigenvalue weighted by Crippen LogP contribution is 2.33. The van der Waals surface area contributed by atoms with Gasteiger partial charge >= 0.3 is 0 Å². The SMILES string of the molecule is [C-]#[N+]c1cc(C#N)cc(Oc2cc(Cc3ccc(=O)[nH]n3)ccc2Cl)c1. The van der Waals surface area contributed by atoms with Gasteiger partial charge in [-0.1, -0.05) is 17.7 Å². The first-order chi connectivity index (χ1) is 12.6. The molecule has 0 atom stereocenters. The van der Waals surface area contributed by atoms with Gasteiger partial charge in [0.25, 0.3) is 5.56 Å². The van der Waals surface area contributed by atoms with Gasteiger partial charge in [0.05, 0.1) is 23.4 Å². The molecule has 1 aromatic heterocycles. The van der Waals surface area contributed by atoms with Crippen molar-refractivity contribution in [1.29, 1.82) is 5.26 Å². The quantitative estimate of drug-likeness (QED) is 0.704. The van der Waals surface area contributed by atoms with Crippen molar-refractivity contribution in [3.63, 3.8) is 0 Å². The first-order valence-corrected chi connectivity index (χ1v) is 7.89. The Bertz CT molecular complexity index is 1060. The highest BCUT2D eigenvalue weighted by molar-refractivity contribution is 6.32. The molecule has 126 valence electrons. The number of aromatic amines is 1. The van der Waals surface area contributed by atoms with Crippen LogP contribution in [0.5, 0.6) is 11.5 Å². The molecular formula is C19H11ClN4O2. The van der Waals surface area contributed by atoms with Gasteiger partial charge in [0, 0.05) is 18.1 Å². The molecule has 1 heterocycles. The molecule has 0 aliphatic rings. The normalized spacial score (nSPS) is 9.96. The second kappa shape index (κ2) is 7.52. The van der Waals surface area contributed by atoms with Crippen LogP contribution >= 0.6 is 11.6 Å². The van der Waals surface area contributed by atoms with Gasteiger partial charge in [-0.2, -0.15) is 10.4 Å². The second-order valence-electron chi connectivity index (χ2n) is 5.40. The fourth-order valence-electron chi connectivity index (χ4n) is 2.32. The molecule has 0 aliphatic heterocycles. The average molecular weight is 363 g/mol. The number of nitrogens with zero attached hydrogens (tertiary/aromatic N) is 3. The van der Waals surface area contributed by atoms with Crippen molar-refractivity contribution in [3.05, 3.63) is 92.1 Å². The van der Waals surface area contributed by atoms with Gasteiger partial charge < -0.3 is 4.74 Å². The van der Waals surface area contributed by atoms with Crippen LogP contribution in [0.15, 0.2) is 53.3 Å². The van der Waals surface area contributed by atoms with Gasteiger partial charge in [0.2, 0.25) is 0 Å². The third-order valence-corrected chi connectivity index (χ3v) is 3.81. The summed E-state index contributed by atoms with van der Waals surface area (Å²) in [5.74, 6) is 0.760. The zero-order chi connectivity index (χ0) is 18.5. The number of hydrogen-bond donors (Lipinski definition) is 1. The number of benzene rings is 2. The van der Waals surface area contributed by atoms with E-state index in [1.807, 2.05) is 12.1 Å². The molecule has 2 aromatic carbocycles. The van der Waals surface area contributed by atoms with E-state index in [1.165, 1.54) is 12.1 Å². The molecule has 0 aliphatic carbocycles. The highest BCUT2D eigenvalue weighted by Gasteiger charge is 2.08. The lowest BCUT2D eigenvalue weighted by atomic mass is 10.1. The standard InChI is InChI=1S/C19H11ClN4O2/c1-22-15-7-13(11-21)8-16(10-15)26-18-9-12(2-4-17(18)20)6-14-3-5-19(25)24-23-14/h2-5,7-10H,6H2,(H,24,25). The van der Waals surface area contributed by atoms with Gasteiger partial charge in [-0.05, 0) is 42.0 Å². The zero-order valence-corrected chi connectivity index (χ0v) is 14.1. The summed E-state index contributed by atoms with van der Waals surface area (Å²) in [7, 11) is 0. The van der Waals surface area contributed by atoms with E-state index in [0.717, 1.165) is 5.56 Å². The van der Waals surface area contributed by atoms with Crippen LogP contribution in [-0.2, 0) is 6.42 Å². The van der Waals surface area contributed by atoms with Crippen LogP contribution < -0.4 is 10.3 Å². The fourth-order valence-corrected chi connectivity index (χ4v) is 2.47. The molecule has 0 unspecified atom stereocenters. The average Bonchev–Trinajstić information content (AvgIpc) is 2.66. The largest absolute Gasteiger partial charge is 0.457 e. The number of nitriles is 1. The molecular weight excluding hydrogens is 352 g/mol. The molecule has 0 saturated carbocycles. The molecule has 7 heteroatoms. The van der Waals surface area contributed by atoms with E-state index >= 15 is 0 Å². The monoisotopic (exact) mass is 362 g/mol. The first kappa shape index (κ1) is 17.2. The molecule has 1 N–H and O–H groups in total. The van der Waals surface area contributed by atoms with Gasteiger partial charge in [-0.25, -0.2) is 9.94 Å². The summed E-state index contributed by atoms with van der Waals surface area (Å²) in [5.41, 5.74) is 1.95. The minimum absolute atomic E-state index is 0.262. The Morgan fingerprint density at radius 3 is 2.77 bits per heavy atom. The molecule has 3 rings (SSSR count). The summed E-state index contributed by atoms with van der Waals surface area (Å²) in [4.78, 5) is 14.4. The van der Waals surface area contributed by atoms with Crippen molar-refractivity contribution in [1.82, 2.24) is 10.2 Å². The third-order valence-electron chi connectivity index (χ3n) is 3.49. The molecule has 0 saturated heterocycles. The third kappa shape index (κ3) is 4.07. The van der Waals surface area contributed by atoms with Crippen molar-refractivity contribution in [2.75, 3.05) is 0 Å². The molecule has 3 aromatic rings. The van der Waals surface area contributed by atoms with Crippen LogP contribution in [0.1, 0.15) is 16.8 Å². The summed E-state index contributed by atoms with van der Waals surface area (Å²) >= 11 is 6.20. The maximum atomic E-state index is 11.1. The van der Waals surface area contributed by atoms with E-state index in [9.17, 15) is 4.79 Å². The minimum atomic E-state index is -0.262. The number of nitrogens with one attached hydrogen (secondary N) is 1. The van der Waals surface area contributed by atoms with Gasteiger partial charge in [0.15, 0.2) is 5.69 Å². The van der Waals surface area contributed by atoms with E-state index < -0.39 is 0 Å². The highest BCUT2D eigenvalue weighted by atomic mass is 35.5. The van der Waals surface area contributed by atoms with Crippen LogP contribution in [-0.4, -0.2) is 10.2 Å². The van der Waals surface area contributed by atoms with Gasteiger partial charge in [-0.15, -0.1) is 0 Å². The van der Waals surface area contributed by atoms with E-state index in [-0.39, 0.29) is 5.56 Å². The summed E-state index contributed by atoms with van der Waals surface area (Å²) in [6.45, 7) is 7.11. The lowest BCUT2D eigenvalue weighted by molar-refractivity contribution is 0.482. The van der Waals surface area contributed by atoms with Crippen molar-refractivity contribution >= 4 is 17.3 Å². The van der Waals surface area contributed by atoms with Crippen LogP contribution in [0.4, 0.5) is 5.69 Å². The number of halogens is 1. The Balaban J connectivity index is 1.89. The van der Waals surface area contributed by atoms with Crippen LogP contribution in [0.3, 0.4) is 0 Å². The maximum Gasteiger partial charge on any atom is 0.264 e. The second-order valence-corrected chi connectivity index (χ2v) is 5.80. The Labute approximate surface area is 154 Å². The Kier molecular flexibility index (Phi) is 4.98. The van der Waals surface area contributed by atoms with Crippen LogP contribution in [0, 0.1) is 17.9 Å². The van der Waals surface area contributed by atoms with Crippen molar-refractivity contribution in [2.45, 2.75) is 6.42 Å². The fraction of sp³-hybridized carbons (Fsp3) is 0.0526. The summed E-state index contributed by atoms with van der Waals surface area (Å²) in [5, 5.41) is 15.8. The topological polar surface area (TPSA) is 83.1 Å². The molecule has 6 nitrogen and oxygen atoms in total. The summed E-state index contributed by atoms with van der Waals surface area (Å²) in [6, 6.07) is 14.9. The smallest absolute Gasteiger partial charge is 0.264 e. The maximum absolute atomic E-state index is 11.1. The molecule has 0 amide bonds. The molecule has 0 radical (unpaired) electrons. The zero-order valence-electron chi connectivity index (χ0n) is 13.4. The lowest BCUT2D eigenvalue weighted by Crippen LogP contribution is -2.07. The number of hydrogen-bond acceptors (Lipinski definition) is 4. The summed E-state index contributed by atoms with van der Waals surface area (Å²) < 4.78 is 5.79. The van der Waals surface area contributed by atoms with E-state index in [0.29, 0.717) is 39.9 Å². The van der Waals surface area contributed by atoms with E-state index in [1.54, 1.807) is 30.3 Å². The van der Waals surface area contributed by atoms with Crippen molar-refractivity contribution in [3.8, 4) is 17.6 Å². The van der Waals surface area contributed by atoms with E-state index in [4.69, 9.17) is 28.2 Å². The van der Waals surface area contributed by atoms with Crippen LogP contribution in [0.2, 0.25) is 5.02 Å².